The highest BCUT2D eigenvalue weighted by Crippen LogP contribution is 2.13. The molecule has 0 aromatic carbocycles. The minimum atomic E-state index is -3.31. The number of sulfone groups is 1. The average Bonchev–Trinajstić information content (AvgIpc) is 2.36. The third kappa shape index (κ3) is 4.71. The molecule has 9 heteroatoms. The van der Waals surface area contributed by atoms with Gasteiger partial charge in [-0.2, -0.15) is 0 Å². The SMILES string of the molecule is CC(C)(CNC(=O)Nc1ccc(C(=O)O)nc1)S(C)(=O)=O. The molecule has 0 bridgehead atoms. The van der Waals surface area contributed by atoms with Crippen molar-refractivity contribution in [3.8, 4) is 0 Å². The van der Waals surface area contributed by atoms with Gasteiger partial charge in [0.25, 0.3) is 0 Å². The van der Waals surface area contributed by atoms with Gasteiger partial charge >= 0.3 is 12.0 Å². The van der Waals surface area contributed by atoms with Gasteiger partial charge in [0.1, 0.15) is 5.69 Å². The maximum Gasteiger partial charge on any atom is 0.354 e. The van der Waals surface area contributed by atoms with Crippen LogP contribution in [0.5, 0.6) is 0 Å². The summed E-state index contributed by atoms with van der Waals surface area (Å²) in [4.78, 5) is 25.9. The monoisotopic (exact) mass is 315 g/mol. The van der Waals surface area contributed by atoms with E-state index in [4.69, 9.17) is 5.11 Å². The van der Waals surface area contributed by atoms with Crippen LogP contribution in [0.3, 0.4) is 0 Å². The van der Waals surface area contributed by atoms with Gasteiger partial charge in [-0.25, -0.2) is 23.0 Å². The first-order chi connectivity index (χ1) is 9.53. The lowest BCUT2D eigenvalue weighted by Crippen LogP contribution is -2.45. The molecule has 0 saturated carbocycles. The molecule has 1 aromatic heterocycles. The van der Waals surface area contributed by atoms with Crippen molar-refractivity contribution in [3.63, 3.8) is 0 Å². The second-order valence-corrected chi connectivity index (χ2v) is 7.73. The molecule has 0 saturated heterocycles. The molecule has 1 heterocycles. The van der Waals surface area contributed by atoms with Crippen LogP contribution >= 0.6 is 0 Å². The number of carboxylic acid groups (broad SMARTS) is 1. The van der Waals surface area contributed by atoms with Gasteiger partial charge < -0.3 is 15.7 Å². The lowest BCUT2D eigenvalue weighted by Gasteiger charge is -2.22. The van der Waals surface area contributed by atoms with Gasteiger partial charge in [0.15, 0.2) is 9.84 Å². The Morgan fingerprint density at radius 2 is 1.95 bits per heavy atom. The van der Waals surface area contributed by atoms with E-state index in [1.165, 1.54) is 32.2 Å². The molecule has 0 atom stereocenters. The number of rotatable bonds is 5. The zero-order valence-electron chi connectivity index (χ0n) is 11.9. The normalized spacial score (nSPS) is 11.8. The van der Waals surface area contributed by atoms with Gasteiger partial charge in [-0.15, -0.1) is 0 Å². The number of carbonyl (C=O) groups is 2. The van der Waals surface area contributed by atoms with E-state index in [0.717, 1.165) is 6.26 Å². The highest BCUT2D eigenvalue weighted by Gasteiger charge is 2.30. The van der Waals surface area contributed by atoms with Gasteiger partial charge in [0.05, 0.1) is 16.6 Å². The Bertz CT molecular complexity index is 637. The van der Waals surface area contributed by atoms with Crippen LogP contribution in [0.2, 0.25) is 0 Å². The molecule has 0 spiro atoms. The van der Waals surface area contributed by atoms with Crippen LogP contribution in [0.25, 0.3) is 0 Å². The van der Waals surface area contributed by atoms with Crippen LogP contribution < -0.4 is 10.6 Å². The van der Waals surface area contributed by atoms with Gasteiger partial charge in [-0.3, -0.25) is 0 Å². The van der Waals surface area contributed by atoms with Crippen LogP contribution in [-0.2, 0) is 9.84 Å². The number of urea groups is 1. The number of hydrogen-bond donors (Lipinski definition) is 3. The second kappa shape index (κ2) is 6.08. The fourth-order valence-electron chi connectivity index (χ4n) is 1.19. The Balaban J connectivity index is 2.60. The van der Waals surface area contributed by atoms with E-state index in [9.17, 15) is 18.0 Å². The average molecular weight is 315 g/mol. The van der Waals surface area contributed by atoms with Crippen molar-refractivity contribution in [1.82, 2.24) is 10.3 Å². The summed E-state index contributed by atoms with van der Waals surface area (Å²) >= 11 is 0. The van der Waals surface area contributed by atoms with Crippen LogP contribution in [0.4, 0.5) is 10.5 Å². The number of carbonyl (C=O) groups excluding carboxylic acids is 1. The predicted molar refractivity (Wildman–Crippen MR) is 77.1 cm³/mol. The topological polar surface area (TPSA) is 125 Å². The summed E-state index contributed by atoms with van der Waals surface area (Å²) < 4.78 is 21.9. The zero-order valence-corrected chi connectivity index (χ0v) is 12.7. The Labute approximate surface area is 122 Å². The highest BCUT2D eigenvalue weighted by atomic mass is 32.2. The molecule has 1 aromatic rings. The third-order valence-electron chi connectivity index (χ3n) is 2.92. The Hall–Kier alpha value is -2.16. The Kier molecular flexibility index (Phi) is 4.89. The molecule has 0 aliphatic heterocycles. The molecule has 0 aliphatic rings. The molecule has 0 fully saturated rings. The minimum absolute atomic E-state index is 0.0572. The van der Waals surface area contributed by atoms with Gasteiger partial charge in [-0.1, -0.05) is 0 Å². The molecule has 116 valence electrons. The maximum atomic E-state index is 11.6. The summed E-state index contributed by atoms with van der Waals surface area (Å²) in [6, 6.07) is 2.03. The minimum Gasteiger partial charge on any atom is -0.477 e. The molecule has 1 rings (SSSR count). The number of carboxylic acids is 1. The van der Waals surface area contributed by atoms with Crippen molar-refractivity contribution >= 4 is 27.5 Å². The molecule has 8 nitrogen and oxygen atoms in total. The van der Waals surface area contributed by atoms with Crippen molar-refractivity contribution in [1.29, 1.82) is 0 Å². The number of amides is 2. The van der Waals surface area contributed by atoms with Crippen molar-refractivity contribution in [2.45, 2.75) is 18.6 Å². The lowest BCUT2D eigenvalue weighted by atomic mass is 10.2. The van der Waals surface area contributed by atoms with E-state index in [2.05, 4.69) is 15.6 Å². The molecule has 21 heavy (non-hydrogen) atoms. The molecule has 0 unspecified atom stereocenters. The smallest absolute Gasteiger partial charge is 0.354 e. The highest BCUT2D eigenvalue weighted by molar-refractivity contribution is 7.92. The molecule has 0 aliphatic carbocycles. The van der Waals surface area contributed by atoms with Crippen molar-refractivity contribution < 1.29 is 23.1 Å². The Morgan fingerprint density at radius 1 is 1.33 bits per heavy atom. The zero-order chi connectivity index (χ0) is 16.3. The number of nitrogens with one attached hydrogen (secondary N) is 2. The fourth-order valence-corrected chi connectivity index (χ4v) is 1.53. The van der Waals surface area contributed by atoms with E-state index < -0.39 is 26.6 Å². The first-order valence-electron chi connectivity index (χ1n) is 5.97. The van der Waals surface area contributed by atoms with E-state index in [1.807, 2.05) is 0 Å². The molecule has 0 radical (unpaired) electrons. The quantitative estimate of drug-likeness (QED) is 0.735. The summed E-state index contributed by atoms with van der Waals surface area (Å²) in [5.41, 5.74) is 0.161. The number of anilines is 1. The third-order valence-corrected chi connectivity index (χ3v) is 5.07. The van der Waals surface area contributed by atoms with Crippen LogP contribution in [0, 0.1) is 0 Å². The number of hydrogen-bond acceptors (Lipinski definition) is 5. The Morgan fingerprint density at radius 3 is 2.38 bits per heavy atom. The van der Waals surface area contributed by atoms with Crippen LogP contribution in [0.15, 0.2) is 18.3 Å². The van der Waals surface area contributed by atoms with E-state index >= 15 is 0 Å². The lowest BCUT2D eigenvalue weighted by molar-refractivity contribution is 0.0690. The number of aromatic carboxylic acids is 1. The second-order valence-electron chi connectivity index (χ2n) is 5.08. The van der Waals surface area contributed by atoms with Crippen molar-refractivity contribution in [2.75, 3.05) is 18.1 Å². The summed E-state index contributed by atoms with van der Waals surface area (Å²) in [5, 5.41) is 13.6. The summed E-state index contributed by atoms with van der Waals surface area (Å²) in [6.07, 6.45) is 2.30. The first-order valence-corrected chi connectivity index (χ1v) is 7.86. The number of pyridine rings is 1. The van der Waals surface area contributed by atoms with E-state index in [1.54, 1.807) is 0 Å². The number of aromatic nitrogens is 1. The molecular formula is C12H17N3O5S. The number of nitrogens with zero attached hydrogens (tertiary/aromatic N) is 1. The molecule has 2 amide bonds. The van der Waals surface area contributed by atoms with Gasteiger partial charge in [0, 0.05) is 12.8 Å². The standard InChI is InChI=1S/C12H17N3O5S/c1-12(2,21(3,19)20)7-14-11(18)15-8-4-5-9(10(16)17)13-6-8/h4-6H,7H2,1-3H3,(H,16,17)(H2,14,15,18). The first kappa shape index (κ1) is 16.9. The van der Waals surface area contributed by atoms with Crippen LogP contribution in [0.1, 0.15) is 24.3 Å². The summed E-state index contributed by atoms with van der Waals surface area (Å²) in [6.45, 7) is 2.95. The van der Waals surface area contributed by atoms with Crippen LogP contribution in [-0.4, -0.2) is 48.1 Å². The molecular weight excluding hydrogens is 298 g/mol. The fraction of sp³-hybridized carbons (Fsp3) is 0.417. The summed E-state index contributed by atoms with van der Waals surface area (Å²) in [7, 11) is -3.31. The van der Waals surface area contributed by atoms with Crippen molar-refractivity contribution in [3.05, 3.63) is 24.0 Å². The summed E-state index contributed by atoms with van der Waals surface area (Å²) in [5.74, 6) is -1.17. The molecule has 3 N–H and O–H groups in total. The van der Waals surface area contributed by atoms with Gasteiger partial charge in [-0.05, 0) is 26.0 Å². The van der Waals surface area contributed by atoms with E-state index in [0.29, 0.717) is 5.69 Å². The van der Waals surface area contributed by atoms with E-state index in [-0.39, 0.29) is 12.2 Å². The van der Waals surface area contributed by atoms with Gasteiger partial charge in [0.2, 0.25) is 0 Å². The predicted octanol–water partition coefficient (Wildman–Crippen LogP) is 0.725. The largest absolute Gasteiger partial charge is 0.477 e. The van der Waals surface area contributed by atoms with Crippen molar-refractivity contribution in [2.24, 2.45) is 0 Å². The maximum absolute atomic E-state index is 11.6.